The van der Waals surface area contributed by atoms with E-state index in [0.717, 1.165) is 11.5 Å². The van der Waals surface area contributed by atoms with E-state index in [0.29, 0.717) is 6.42 Å². The first-order valence-electron chi connectivity index (χ1n) is 4.39. The van der Waals surface area contributed by atoms with Gasteiger partial charge in [-0.05, 0) is 19.1 Å². The molecule has 14 heavy (non-hydrogen) atoms. The zero-order valence-corrected chi connectivity index (χ0v) is 8.96. The first-order valence-corrected chi connectivity index (χ1v) is 5.55. The summed E-state index contributed by atoms with van der Waals surface area (Å²) in [4.78, 5) is 0. The van der Waals surface area contributed by atoms with Gasteiger partial charge in [-0.2, -0.15) is 24.9 Å². The molecule has 0 bridgehead atoms. The first-order chi connectivity index (χ1) is 6.42. The van der Waals surface area contributed by atoms with Crippen LogP contribution in [-0.4, -0.2) is 36.9 Å². The highest BCUT2D eigenvalue weighted by molar-refractivity contribution is 7.99. The lowest BCUT2D eigenvalue weighted by atomic mass is 10.4. The molecule has 0 saturated carbocycles. The zero-order chi connectivity index (χ0) is 11.0. The van der Waals surface area contributed by atoms with E-state index in [4.69, 9.17) is 5.73 Å². The highest BCUT2D eigenvalue weighted by Gasteiger charge is 2.27. The summed E-state index contributed by atoms with van der Waals surface area (Å²) in [6.07, 6.45) is -3.58. The van der Waals surface area contributed by atoms with Crippen molar-refractivity contribution in [3.63, 3.8) is 0 Å². The maximum Gasteiger partial charge on any atom is 0.411 e. The van der Waals surface area contributed by atoms with E-state index in [9.17, 15) is 13.2 Å². The molecule has 0 aliphatic rings. The second kappa shape index (κ2) is 7.36. The highest BCUT2D eigenvalue weighted by Crippen LogP contribution is 2.14. The average Bonchev–Trinajstić information content (AvgIpc) is 2.00. The summed E-state index contributed by atoms with van der Waals surface area (Å²) in [5.74, 6) is 1.62. The van der Waals surface area contributed by atoms with Gasteiger partial charge in [0.2, 0.25) is 0 Å². The van der Waals surface area contributed by atoms with E-state index < -0.39 is 12.8 Å². The van der Waals surface area contributed by atoms with E-state index in [-0.39, 0.29) is 12.6 Å². The van der Waals surface area contributed by atoms with Crippen LogP contribution < -0.4 is 5.73 Å². The van der Waals surface area contributed by atoms with Crippen LogP contribution in [-0.2, 0) is 4.74 Å². The molecule has 0 aliphatic heterocycles. The van der Waals surface area contributed by atoms with Crippen LogP contribution in [0.1, 0.15) is 13.3 Å². The van der Waals surface area contributed by atoms with Crippen molar-refractivity contribution in [1.82, 2.24) is 0 Å². The van der Waals surface area contributed by atoms with Crippen molar-refractivity contribution in [3.8, 4) is 0 Å². The molecule has 0 heterocycles. The van der Waals surface area contributed by atoms with Crippen LogP contribution in [0, 0.1) is 0 Å². The Labute approximate surface area is 86.4 Å². The van der Waals surface area contributed by atoms with Gasteiger partial charge >= 0.3 is 6.18 Å². The van der Waals surface area contributed by atoms with Crippen molar-refractivity contribution in [1.29, 1.82) is 0 Å². The minimum atomic E-state index is -4.21. The summed E-state index contributed by atoms with van der Waals surface area (Å²) in [6, 6.07) is 0.135. The van der Waals surface area contributed by atoms with Crippen LogP contribution in [0.2, 0.25) is 0 Å². The van der Waals surface area contributed by atoms with Crippen LogP contribution in [0.3, 0.4) is 0 Å². The van der Waals surface area contributed by atoms with Crippen LogP contribution in [0.15, 0.2) is 0 Å². The van der Waals surface area contributed by atoms with Gasteiger partial charge in [0.15, 0.2) is 0 Å². The number of hydrogen-bond donors (Lipinski definition) is 1. The molecule has 1 unspecified atom stereocenters. The van der Waals surface area contributed by atoms with Crippen LogP contribution >= 0.6 is 11.8 Å². The number of alkyl halides is 3. The maximum absolute atomic E-state index is 11.6. The van der Waals surface area contributed by atoms with Gasteiger partial charge in [0.25, 0.3) is 0 Å². The van der Waals surface area contributed by atoms with Gasteiger partial charge in [0, 0.05) is 18.4 Å². The summed E-state index contributed by atoms with van der Waals surface area (Å²) in [6.45, 7) is 0.906. The Morgan fingerprint density at radius 1 is 1.43 bits per heavy atom. The quantitative estimate of drug-likeness (QED) is 0.681. The van der Waals surface area contributed by atoms with E-state index >= 15 is 0 Å². The van der Waals surface area contributed by atoms with Gasteiger partial charge < -0.3 is 10.5 Å². The Balaban J connectivity index is 3.07. The van der Waals surface area contributed by atoms with Crippen molar-refractivity contribution >= 4 is 11.8 Å². The largest absolute Gasteiger partial charge is 0.411 e. The van der Waals surface area contributed by atoms with Gasteiger partial charge in [-0.3, -0.25) is 0 Å². The van der Waals surface area contributed by atoms with Gasteiger partial charge in [0.1, 0.15) is 6.61 Å². The van der Waals surface area contributed by atoms with E-state index in [1.807, 2.05) is 6.92 Å². The number of halogens is 3. The molecule has 2 N–H and O–H groups in total. The molecule has 1 atom stereocenters. The third-order valence-electron chi connectivity index (χ3n) is 1.22. The summed E-state index contributed by atoms with van der Waals surface area (Å²) in [5, 5.41) is 0. The predicted octanol–water partition coefficient (Wildman–Crippen LogP) is 2.04. The minimum Gasteiger partial charge on any atom is -0.372 e. The Hall–Kier alpha value is 0.0600. The van der Waals surface area contributed by atoms with Crippen molar-refractivity contribution in [3.05, 3.63) is 0 Å². The van der Waals surface area contributed by atoms with Crippen molar-refractivity contribution < 1.29 is 17.9 Å². The molecule has 86 valence electrons. The second-order valence-electron chi connectivity index (χ2n) is 3.07. The molecule has 0 amide bonds. The second-order valence-corrected chi connectivity index (χ2v) is 4.22. The Morgan fingerprint density at radius 2 is 2.07 bits per heavy atom. The summed E-state index contributed by atoms with van der Waals surface area (Å²) in [7, 11) is 0. The van der Waals surface area contributed by atoms with E-state index in [2.05, 4.69) is 4.74 Å². The molecule has 0 rings (SSSR count). The molecule has 0 spiro atoms. The molecule has 0 aromatic heterocycles. The summed E-state index contributed by atoms with van der Waals surface area (Å²) >= 11 is 1.63. The average molecular weight is 231 g/mol. The van der Waals surface area contributed by atoms with Crippen molar-refractivity contribution in [2.24, 2.45) is 5.73 Å². The first kappa shape index (κ1) is 14.1. The Morgan fingerprint density at radius 3 is 2.57 bits per heavy atom. The molecule has 6 heteroatoms. The normalized spacial score (nSPS) is 14.4. The third kappa shape index (κ3) is 12.1. The van der Waals surface area contributed by atoms with Gasteiger partial charge in [-0.1, -0.05) is 0 Å². The maximum atomic E-state index is 11.6. The topological polar surface area (TPSA) is 35.2 Å². The molecular formula is C8H16F3NOS. The third-order valence-corrected chi connectivity index (χ3v) is 2.56. The molecule has 0 saturated heterocycles. The molecular weight excluding hydrogens is 215 g/mol. The molecule has 0 fully saturated rings. The number of rotatable bonds is 7. The molecule has 0 aromatic rings. The zero-order valence-electron chi connectivity index (χ0n) is 8.14. The van der Waals surface area contributed by atoms with E-state index in [1.165, 1.54) is 0 Å². The van der Waals surface area contributed by atoms with Crippen LogP contribution in [0.5, 0.6) is 0 Å². The van der Waals surface area contributed by atoms with Crippen LogP contribution in [0.25, 0.3) is 0 Å². The standard InChI is InChI=1S/C8H16F3NOS/c1-7(12)5-14-4-2-3-13-6-8(9,10)11/h7H,2-6,12H2,1H3. The SMILES string of the molecule is CC(N)CSCCCOCC(F)(F)F. The smallest absolute Gasteiger partial charge is 0.372 e. The van der Waals surface area contributed by atoms with Crippen molar-refractivity contribution in [2.45, 2.75) is 25.6 Å². The number of thioether (sulfide) groups is 1. The van der Waals surface area contributed by atoms with Gasteiger partial charge in [-0.15, -0.1) is 0 Å². The number of nitrogens with two attached hydrogens (primary N) is 1. The highest BCUT2D eigenvalue weighted by atomic mass is 32.2. The summed E-state index contributed by atoms with van der Waals surface area (Å²) < 4.78 is 39.2. The number of hydrogen-bond acceptors (Lipinski definition) is 3. The lowest BCUT2D eigenvalue weighted by Crippen LogP contribution is -2.18. The number of ether oxygens (including phenoxy) is 1. The molecule has 0 aromatic carbocycles. The van der Waals surface area contributed by atoms with Gasteiger partial charge in [0.05, 0.1) is 0 Å². The molecule has 0 aliphatic carbocycles. The monoisotopic (exact) mass is 231 g/mol. The Bertz CT molecular complexity index is 141. The van der Waals surface area contributed by atoms with E-state index in [1.54, 1.807) is 11.8 Å². The molecule has 2 nitrogen and oxygen atoms in total. The fourth-order valence-electron chi connectivity index (χ4n) is 0.720. The fourth-order valence-corrected chi connectivity index (χ4v) is 1.58. The van der Waals surface area contributed by atoms with Gasteiger partial charge in [-0.25, -0.2) is 0 Å². The minimum absolute atomic E-state index is 0.135. The fraction of sp³-hybridized carbons (Fsp3) is 1.00. The van der Waals surface area contributed by atoms with Crippen molar-refractivity contribution in [2.75, 3.05) is 24.7 Å². The summed E-state index contributed by atoms with van der Waals surface area (Å²) in [5.41, 5.74) is 5.49. The van der Waals surface area contributed by atoms with Crippen LogP contribution in [0.4, 0.5) is 13.2 Å². The lowest BCUT2D eigenvalue weighted by molar-refractivity contribution is -0.173. The predicted molar refractivity (Wildman–Crippen MR) is 52.5 cm³/mol. The lowest BCUT2D eigenvalue weighted by Gasteiger charge is -2.07. The Kier molecular flexibility index (Phi) is 7.40. The molecule has 0 radical (unpaired) electrons.